The zero-order valence-electron chi connectivity index (χ0n) is 20.0. The highest BCUT2D eigenvalue weighted by molar-refractivity contribution is 14.1. The minimum Gasteiger partial charge on any atom is -0.435 e. The molecule has 0 unspecified atom stereocenters. The molecule has 208 valence electrons. The van der Waals surface area contributed by atoms with Gasteiger partial charge in [-0.15, -0.1) is 0 Å². The minimum absolute atomic E-state index is 0.0955. The van der Waals surface area contributed by atoms with Crippen LogP contribution in [0.25, 0.3) is 34.2 Å². The second-order valence-electron chi connectivity index (χ2n) is 8.19. The Bertz CT molecular complexity index is 2050. The molecule has 0 saturated carbocycles. The number of pyridine rings is 1. The monoisotopic (exact) mass is 705 g/mol. The summed E-state index contributed by atoms with van der Waals surface area (Å²) in [6, 6.07) is 11.8. The number of rotatable bonds is 6. The van der Waals surface area contributed by atoms with E-state index in [1.54, 1.807) is 24.3 Å². The summed E-state index contributed by atoms with van der Waals surface area (Å²) in [6.45, 7) is 1.39. The van der Waals surface area contributed by atoms with Gasteiger partial charge in [0.2, 0.25) is 5.89 Å². The predicted molar refractivity (Wildman–Crippen MR) is 144 cm³/mol. The fourth-order valence-electron chi connectivity index (χ4n) is 3.66. The van der Waals surface area contributed by atoms with E-state index in [-0.39, 0.29) is 33.3 Å². The Balaban J connectivity index is 1.67. The van der Waals surface area contributed by atoms with E-state index < -0.39 is 41.7 Å². The highest BCUT2D eigenvalue weighted by atomic mass is 127. The smallest absolute Gasteiger partial charge is 0.435 e. The molecule has 0 amide bonds. The quantitative estimate of drug-likeness (QED) is 0.240. The van der Waals surface area contributed by atoms with Crippen molar-refractivity contribution in [1.29, 1.82) is 0 Å². The van der Waals surface area contributed by atoms with E-state index in [4.69, 9.17) is 4.42 Å². The van der Waals surface area contributed by atoms with Gasteiger partial charge >= 0.3 is 11.2 Å². The van der Waals surface area contributed by atoms with Crippen LogP contribution in [0.3, 0.4) is 0 Å². The third kappa shape index (κ3) is 4.81. The van der Waals surface area contributed by atoms with Gasteiger partial charge < -0.3 is 4.42 Å². The molecule has 0 N–H and O–H groups in total. The van der Waals surface area contributed by atoms with Crippen LogP contribution in [-0.4, -0.2) is 52.4 Å². The van der Waals surface area contributed by atoms with Gasteiger partial charge in [-0.25, -0.2) is 36.2 Å². The van der Waals surface area contributed by atoms with Crippen molar-refractivity contribution in [1.82, 2.24) is 24.3 Å². The maximum Gasteiger partial charge on any atom is 0.501 e. The first kappa shape index (κ1) is 28.0. The summed E-state index contributed by atoms with van der Waals surface area (Å²) in [4.78, 5) is 20.0. The topological polar surface area (TPSA) is 147 Å². The number of hydrogen-bond donors (Lipinski definition) is 0. The molecule has 40 heavy (non-hydrogen) atoms. The SMILES string of the molecule is CCS(=O)(=O)c1ccc(-n2ncn(-c3ccc(I)cc3)c2=O)nc1-c1nc2cc(S(=O)(=O)C(F)(F)F)ccc2o1. The average Bonchev–Trinajstić information content (AvgIpc) is 3.51. The second-order valence-corrected chi connectivity index (χ2v) is 13.6. The molecule has 0 atom stereocenters. The summed E-state index contributed by atoms with van der Waals surface area (Å²) >= 11 is 2.11. The molecular formula is C23H15F3IN5O6S2. The number of sulfone groups is 2. The van der Waals surface area contributed by atoms with E-state index >= 15 is 0 Å². The summed E-state index contributed by atoms with van der Waals surface area (Å²) < 4.78 is 97.1. The number of fused-ring (bicyclic) bond motifs is 1. The van der Waals surface area contributed by atoms with Crippen molar-refractivity contribution in [2.45, 2.75) is 22.2 Å². The lowest BCUT2D eigenvalue weighted by Gasteiger charge is -2.08. The van der Waals surface area contributed by atoms with Crippen LogP contribution < -0.4 is 5.69 Å². The third-order valence-electron chi connectivity index (χ3n) is 5.73. The molecule has 0 aliphatic rings. The van der Waals surface area contributed by atoms with Gasteiger partial charge in [0.15, 0.2) is 21.2 Å². The number of oxazole rings is 1. The van der Waals surface area contributed by atoms with Crippen LogP contribution in [0.2, 0.25) is 0 Å². The Morgan fingerprint density at radius 1 is 0.975 bits per heavy atom. The van der Waals surface area contributed by atoms with Crippen LogP contribution in [0.15, 0.2) is 79.9 Å². The van der Waals surface area contributed by atoms with Crippen molar-refractivity contribution in [3.8, 4) is 23.1 Å². The molecule has 3 aromatic heterocycles. The first-order valence-electron chi connectivity index (χ1n) is 11.1. The summed E-state index contributed by atoms with van der Waals surface area (Å²) in [5.74, 6) is -0.853. The van der Waals surface area contributed by atoms with Gasteiger partial charge in [-0.2, -0.15) is 23.0 Å². The molecule has 0 fully saturated rings. The van der Waals surface area contributed by atoms with Gasteiger partial charge in [0.05, 0.1) is 21.2 Å². The predicted octanol–water partition coefficient (Wildman–Crippen LogP) is 3.92. The molecule has 0 aliphatic heterocycles. The third-order valence-corrected chi connectivity index (χ3v) is 9.69. The second kappa shape index (κ2) is 9.81. The summed E-state index contributed by atoms with van der Waals surface area (Å²) in [5.41, 5.74) is -6.39. The van der Waals surface area contributed by atoms with Gasteiger partial charge in [-0.05, 0) is 77.2 Å². The number of nitrogens with zero attached hydrogens (tertiary/aromatic N) is 5. The van der Waals surface area contributed by atoms with Crippen LogP contribution in [0.1, 0.15) is 6.92 Å². The molecule has 0 radical (unpaired) electrons. The Hall–Kier alpha value is -3.58. The molecule has 11 nitrogen and oxygen atoms in total. The van der Waals surface area contributed by atoms with Crippen molar-refractivity contribution in [2.24, 2.45) is 0 Å². The molecule has 5 rings (SSSR count). The fourth-order valence-corrected chi connectivity index (χ4v) is 5.82. The molecule has 0 saturated heterocycles. The number of benzene rings is 2. The average molecular weight is 705 g/mol. The molecule has 17 heteroatoms. The lowest BCUT2D eigenvalue weighted by atomic mass is 10.3. The van der Waals surface area contributed by atoms with Gasteiger partial charge in [-0.1, -0.05) is 6.92 Å². The molecule has 2 aromatic carbocycles. The van der Waals surface area contributed by atoms with Crippen molar-refractivity contribution >= 4 is 53.4 Å². The fraction of sp³-hybridized carbons (Fsp3) is 0.130. The summed E-state index contributed by atoms with van der Waals surface area (Å²) in [5, 5.41) is 4.07. The van der Waals surface area contributed by atoms with E-state index in [1.807, 2.05) is 0 Å². The van der Waals surface area contributed by atoms with Gasteiger partial charge in [-0.3, -0.25) is 0 Å². The lowest BCUT2D eigenvalue weighted by molar-refractivity contribution is -0.0435. The Labute approximate surface area is 237 Å². The largest absolute Gasteiger partial charge is 0.501 e. The Kier molecular flexibility index (Phi) is 6.86. The lowest BCUT2D eigenvalue weighted by Crippen LogP contribution is -2.23. The van der Waals surface area contributed by atoms with Crippen molar-refractivity contribution in [3.63, 3.8) is 0 Å². The Morgan fingerprint density at radius 2 is 1.68 bits per heavy atom. The number of aromatic nitrogens is 5. The van der Waals surface area contributed by atoms with Crippen LogP contribution in [0, 0.1) is 3.57 Å². The zero-order valence-corrected chi connectivity index (χ0v) is 23.8. The van der Waals surface area contributed by atoms with E-state index in [0.717, 1.165) is 14.3 Å². The zero-order chi connectivity index (χ0) is 29.0. The standard InChI is InChI=1S/C23H15F3IN5O6S2/c1-2-39(34,35)18-9-10-19(32-22(33)31(12-28-32)14-5-3-13(27)4-6-14)30-20(18)21-29-16-11-15(7-8-17(16)38-21)40(36,37)23(24,25)26/h3-12H,2H2,1H3. The van der Waals surface area contributed by atoms with Crippen molar-refractivity contribution in [2.75, 3.05) is 5.75 Å². The van der Waals surface area contributed by atoms with Crippen LogP contribution in [-0.2, 0) is 19.7 Å². The maximum atomic E-state index is 13.1. The van der Waals surface area contributed by atoms with Gasteiger partial charge in [0.1, 0.15) is 17.5 Å². The first-order valence-corrected chi connectivity index (χ1v) is 15.3. The van der Waals surface area contributed by atoms with Crippen molar-refractivity contribution < 1.29 is 34.4 Å². The molecule has 0 spiro atoms. The van der Waals surface area contributed by atoms with E-state index in [9.17, 15) is 34.8 Å². The Morgan fingerprint density at radius 3 is 2.33 bits per heavy atom. The van der Waals surface area contributed by atoms with Gasteiger partial charge in [0, 0.05) is 3.57 Å². The summed E-state index contributed by atoms with van der Waals surface area (Å²) in [6.07, 6.45) is 1.25. The molecule has 5 aromatic rings. The summed E-state index contributed by atoms with van der Waals surface area (Å²) in [7, 11) is -9.61. The van der Waals surface area contributed by atoms with Crippen molar-refractivity contribution in [3.05, 3.63) is 75.0 Å². The van der Waals surface area contributed by atoms with Crippen LogP contribution >= 0.6 is 22.6 Å². The highest BCUT2D eigenvalue weighted by Crippen LogP contribution is 2.34. The van der Waals surface area contributed by atoms with E-state index in [2.05, 4.69) is 37.7 Å². The highest BCUT2D eigenvalue weighted by Gasteiger charge is 2.47. The number of halogens is 4. The molecule has 3 heterocycles. The van der Waals surface area contributed by atoms with Crippen LogP contribution in [0.5, 0.6) is 0 Å². The minimum atomic E-state index is -5.67. The normalized spacial score (nSPS) is 12.7. The van der Waals surface area contributed by atoms with E-state index in [0.29, 0.717) is 17.8 Å². The molecule has 0 bridgehead atoms. The maximum absolute atomic E-state index is 13.1. The van der Waals surface area contributed by atoms with Gasteiger partial charge in [0.25, 0.3) is 9.84 Å². The van der Waals surface area contributed by atoms with E-state index in [1.165, 1.54) is 30.0 Å². The molecule has 0 aliphatic carbocycles. The van der Waals surface area contributed by atoms with Crippen LogP contribution in [0.4, 0.5) is 13.2 Å². The number of hydrogen-bond acceptors (Lipinski definition) is 9. The first-order chi connectivity index (χ1) is 18.7. The number of alkyl halides is 3. The molecular weight excluding hydrogens is 690 g/mol.